The molecule has 1 aliphatic heterocycles. The summed E-state index contributed by atoms with van der Waals surface area (Å²) in [5, 5.41) is 0. The van der Waals surface area contributed by atoms with Crippen molar-refractivity contribution in [3.8, 4) is 11.3 Å². The van der Waals surface area contributed by atoms with E-state index in [1.54, 1.807) is 79.6 Å². The normalized spacial score (nSPS) is 14.9. The Bertz CT molecular complexity index is 1810. The number of carbonyl (C=O) groups is 2. The molecule has 1 aliphatic rings. The number of aromatic nitrogens is 1. The summed E-state index contributed by atoms with van der Waals surface area (Å²) in [5.74, 6) is 0.203. The number of hydrogen-bond acceptors (Lipinski definition) is 9. The number of allylic oxidation sites excluding steroid dienone is 1. The predicted octanol–water partition coefficient (Wildman–Crippen LogP) is 4.96. The molecule has 2 aromatic carbocycles. The highest BCUT2D eigenvalue weighted by atomic mass is 32.2. The molecule has 0 aliphatic carbocycles. The highest BCUT2D eigenvalue weighted by Gasteiger charge is 2.33. The highest BCUT2D eigenvalue weighted by molar-refractivity contribution is 7.98. The van der Waals surface area contributed by atoms with Gasteiger partial charge in [0, 0.05) is 16.5 Å². The number of furan rings is 1. The molecule has 10 heteroatoms. The molecule has 0 N–H and O–H groups in total. The Balaban J connectivity index is 1.54. The Morgan fingerprint density at radius 2 is 1.68 bits per heavy atom. The van der Waals surface area contributed by atoms with Crippen LogP contribution in [0.5, 0.6) is 0 Å². The average Bonchev–Trinajstić information content (AvgIpc) is 3.57. The lowest BCUT2D eigenvalue weighted by molar-refractivity contribution is -0.139. The van der Waals surface area contributed by atoms with Crippen LogP contribution in [-0.2, 0) is 14.3 Å². The standard InChI is InChI=1S/C31H28N2O6S2/c1-5-37-29(35)21-9-7-19(8-10-21)24-16-13-22(39-24)17-25-28(34)33-27(20-11-14-23(40-4)15-12-20)26(30(36)38-6-2)18(3)32-31(33)41-25/h7-17,27H,5-6H2,1-4H3/b25-17-. The van der Waals surface area contributed by atoms with E-state index < -0.39 is 12.0 Å². The number of benzene rings is 2. The number of thioether (sulfide) groups is 1. The molecule has 0 saturated carbocycles. The summed E-state index contributed by atoms with van der Waals surface area (Å²) < 4.78 is 18.4. The van der Waals surface area contributed by atoms with Crippen LogP contribution in [0.15, 0.2) is 91.0 Å². The summed E-state index contributed by atoms with van der Waals surface area (Å²) in [6.07, 6.45) is 3.67. The van der Waals surface area contributed by atoms with E-state index >= 15 is 0 Å². The minimum absolute atomic E-state index is 0.213. The van der Waals surface area contributed by atoms with Crippen molar-refractivity contribution in [1.29, 1.82) is 0 Å². The van der Waals surface area contributed by atoms with Gasteiger partial charge in [0.2, 0.25) is 0 Å². The van der Waals surface area contributed by atoms with Crippen molar-refractivity contribution in [2.45, 2.75) is 31.7 Å². The van der Waals surface area contributed by atoms with E-state index in [4.69, 9.17) is 13.9 Å². The van der Waals surface area contributed by atoms with Gasteiger partial charge in [-0.25, -0.2) is 14.6 Å². The van der Waals surface area contributed by atoms with Crippen LogP contribution in [0.25, 0.3) is 17.4 Å². The van der Waals surface area contributed by atoms with Gasteiger partial charge >= 0.3 is 11.9 Å². The minimum Gasteiger partial charge on any atom is -0.463 e. The molecule has 0 amide bonds. The van der Waals surface area contributed by atoms with E-state index in [1.807, 2.05) is 30.5 Å². The van der Waals surface area contributed by atoms with Gasteiger partial charge in [-0.05, 0) is 69.0 Å². The zero-order chi connectivity index (χ0) is 29.1. The molecule has 0 bridgehead atoms. The molecule has 2 aromatic heterocycles. The fourth-order valence-electron chi connectivity index (χ4n) is 4.59. The van der Waals surface area contributed by atoms with Crippen LogP contribution >= 0.6 is 23.1 Å². The summed E-state index contributed by atoms with van der Waals surface area (Å²) in [6.45, 7) is 5.79. The van der Waals surface area contributed by atoms with E-state index in [-0.39, 0.29) is 18.1 Å². The lowest BCUT2D eigenvalue weighted by Gasteiger charge is -2.24. The van der Waals surface area contributed by atoms with Crippen molar-refractivity contribution in [1.82, 2.24) is 4.57 Å². The monoisotopic (exact) mass is 588 g/mol. The van der Waals surface area contributed by atoms with Gasteiger partial charge in [-0.2, -0.15) is 0 Å². The second-order valence-corrected chi connectivity index (χ2v) is 11.0. The quantitative estimate of drug-likeness (QED) is 0.212. The molecule has 0 spiro atoms. The van der Waals surface area contributed by atoms with E-state index in [0.29, 0.717) is 44.3 Å². The third kappa shape index (κ3) is 5.71. The van der Waals surface area contributed by atoms with Crippen molar-refractivity contribution in [2.75, 3.05) is 19.5 Å². The first-order valence-electron chi connectivity index (χ1n) is 13.1. The van der Waals surface area contributed by atoms with Crippen LogP contribution in [0.4, 0.5) is 0 Å². The number of thiazole rings is 1. The molecule has 41 heavy (non-hydrogen) atoms. The van der Waals surface area contributed by atoms with Crippen molar-refractivity contribution >= 4 is 41.1 Å². The van der Waals surface area contributed by atoms with Crippen LogP contribution in [0.2, 0.25) is 0 Å². The maximum absolute atomic E-state index is 13.8. The Kier molecular flexibility index (Phi) is 8.41. The molecule has 0 fully saturated rings. The predicted molar refractivity (Wildman–Crippen MR) is 159 cm³/mol. The van der Waals surface area contributed by atoms with Crippen LogP contribution in [0.3, 0.4) is 0 Å². The van der Waals surface area contributed by atoms with Gasteiger partial charge in [-0.3, -0.25) is 9.36 Å². The number of fused-ring (bicyclic) bond motifs is 1. The molecule has 4 aromatic rings. The summed E-state index contributed by atoms with van der Waals surface area (Å²) in [4.78, 5) is 45.0. The largest absolute Gasteiger partial charge is 0.463 e. The lowest BCUT2D eigenvalue weighted by Crippen LogP contribution is -2.39. The number of nitrogens with zero attached hydrogens (tertiary/aromatic N) is 2. The molecular weight excluding hydrogens is 560 g/mol. The second-order valence-electron chi connectivity index (χ2n) is 9.08. The van der Waals surface area contributed by atoms with Gasteiger partial charge in [-0.15, -0.1) is 11.8 Å². The van der Waals surface area contributed by atoms with Gasteiger partial charge in [0.15, 0.2) is 4.80 Å². The van der Waals surface area contributed by atoms with E-state index in [2.05, 4.69) is 4.99 Å². The Hall–Kier alpha value is -4.15. The van der Waals surface area contributed by atoms with Crippen LogP contribution < -0.4 is 14.9 Å². The van der Waals surface area contributed by atoms with E-state index in [1.165, 1.54) is 11.3 Å². The third-order valence-electron chi connectivity index (χ3n) is 6.53. The lowest BCUT2D eigenvalue weighted by atomic mass is 9.96. The highest BCUT2D eigenvalue weighted by Crippen LogP contribution is 2.32. The first-order chi connectivity index (χ1) is 19.8. The van der Waals surface area contributed by atoms with Gasteiger partial charge in [0.1, 0.15) is 11.5 Å². The van der Waals surface area contributed by atoms with Crippen molar-refractivity contribution in [3.05, 3.63) is 109 Å². The molecule has 8 nitrogen and oxygen atoms in total. The van der Waals surface area contributed by atoms with Crippen LogP contribution in [0, 0.1) is 0 Å². The molecular formula is C31H28N2O6S2. The molecule has 210 valence electrons. The molecule has 1 unspecified atom stereocenters. The third-order valence-corrected chi connectivity index (χ3v) is 8.26. The molecule has 0 radical (unpaired) electrons. The van der Waals surface area contributed by atoms with Gasteiger partial charge in [-0.1, -0.05) is 35.6 Å². The maximum atomic E-state index is 13.8. The number of ether oxygens (including phenoxy) is 2. The first-order valence-corrected chi connectivity index (χ1v) is 15.1. The van der Waals surface area contributed by atoms with Gasteiger partial charge < -0.3 is 13.9 Å². The second kappa shape index (κ2) is 12.2. The number of carbonyl (C=O) groups excluding carboxylic acids is 2. The Morgan fingerprint density at radius 1 is 1.00 bits per heavy atom. The van der Waals surface area contributed by atoms with E-state index in [9.17, 15) is 14.4 Å². The van der Waals surface area contributed by atoms with Crippen molar-refractivity contribution in [2.24, 2.45) is 4.99 Å². The maximum Gasteiger partial charge on any atom is 0.338 e. The summed E-state index contributed by atoms with van der Waals surface area (Å²) in [5.41, 5.74) is 2.61. The van der Waals surface area contributed by atoms with Gasteiger partial charge in [0.05, 0.1) is 40.6 Å². The van der Waals surface area contributed by atoms with E-state index in [0.717, 1.165) is 16.0 Å². The SMILES string of the molecule is CCOC(=O)C1=C(C)N=c2s/c(=C\c3ccc(-c4ccc(C(=O)OCC)cc4)o3)c(=O)n2C1c1ccc(SC)cc1. The fraction of sp³-hybridized carbons (Fsp3) is 0.226. The zero-order valence-electron chi connectivity index (χ0n) is 23.0. The molecule has 0 saturated heterocycles. The zero-order valence-corrected chi connectivity index (χ0v) is 24.6. The van der Waals surface area contributed by atoms with Crippen molar-refractivity contribution < 1.29 is 23.5 Å². The molecule has 5 rings (SSSR count). The topological polar surface area (TPSA) is 100 Å². The smallest absolute Gasteiger partial charge is 0.338 e. The molecule has 3 heterocycles. The average molecular weight is 589 g/mol. The summed E-state index contributed by atoms with van der Waals surface area (Å²) >= 11 is 2.85. The molecule has 1 atom stereocenters. The van der Waals surface area contributed by atoms with Crippen LogP contribution in [-0.4, -0.2) is 36.0 Å². The fourth-order valence-corrected chi connectivity index (χ4v) is 6.03. The number of esters is 2. The number of rotatable bonds is 8. The van der Waals surface area contributed by atoms with Crippen LogP contribution in [0.1, 0.15) is 48.5 Å². The number of hydrogen-bond donors (Lipinski definition) is 0. The minimum atomic E-state index is -0.673. The summed E-state index contributed by atoms with van der Waals surface area (Å²) in [6, 6.07) is 17.6. The summed E-state index contributed by atoms with van der Waals surface area (Å²) in [7, 11) is 0. The first kappa shape index (κ1) is 28.4. The van der Waals surface area contributed by atoms with Gasteiger partial charge in [0.25, 0.3) is 5.56 Å². The van der Waals surface area contributed by atoms with Crippen molar-refractivity contribution in [3.63, 3.8) is 0 Å². The Labute approximate surface area is 244 Å². The Morgan fingerprint density at radius 3 is 2.34 bits per heavy atom.